The summed E-state index contributed by atoms with van der Waals surface area (Å²) in [7, 11) is 2.96. The van der Waals surface area contributed by atoms with E-state index < -0.39 is 0 Å². The van der Waals surface area contributed by atoms with Gasteiger partial charge in [-0.2, -0.15) is 0 Å². The third-order valence-corrected chi connectivity index (χ3v) is 5.70. The van der Waals surface area contributed by atoms with E-state index in [0.717, 1.165) is 21.4 Å². The molecule has 130 valence electrons. The lowest BCUT2D eigenvalue weighted by atomic mass is 10.3. The first kappa shape index (κ1) is 16.9. The normalized spacial score (nSPS) is 11.0. The first-order valence-corrected chi connectivity index (χ1v) is 9.77. The second-order valence-electron chi connectivity index (χ2n) is 5.36. The van der Waals surface area contributed by atoms with Crippen molar-refractivity contribution in [2.24, 2.45) is 0 Å². The lowest BCUT2D eigenvalue weighted by Gasteiger charge is -2.00. The predicted molar refractivity (Wildman–Crippen MR) is 98.8 cm³/mol. The maximum absolute atomic E-state index is 13.0. The highest BCUT2D eigenvalue weighted by Crippen LogP contribution is 2.35. The van der Waals surface area contributed by atoms with Gasteiger partial charge in [0.1, 0.15) is 34.3 Å². The molecule has 0 aliphatic heterocycles. The van der Waals surface area contributed by atoms with Gasteiger partial charge in [-0.15, -0.1) is 0 Å². The van der Waals surface area contributed by atoms with Crippen molar-refractivity contribution in [3.8, 4) is 11.4 Å². The molecule has 0 bridgehead atoms. The summed E-state index contributed by atoms with van der Waals surface area (Å²) in [6, 6.07) is 12.5. The van der Waals surface area contributed by atoms with Crippen LogP contribution in [0.5, 0.6) is 0 Å². The smallest absolute Gasteiger partial charge is 0.125 e. The van der Waals surface area contributed by atoms with Crippen LogP contribution >= 0.6 is 21.6 Å². The van der Waals surface area contributed by atoms with Crippen molar-refractivity contribution < 1.29 is 8.78 Å². The van der Waals surface area contributed by atoms with E-state index >= 15 is 0 Å². The van der Waals surface area contributed by atoms with Gasteiger partial charge in [0.2, 0.25) is 0 Å². The molecule has 0 unspecified atom stereocenters. The molecule has 2 heterocycles. The second kappa shape index (κ2) is 7.35. The van der Waals surface area contributed by atoms with Crippen LogP contribution in [0.25, 0.3) is 11.4 Å². The molecule has 0 N–H and O–H groups in total. The molecule has 0 aliphatic rings. The van der Waals surface area contributed by atoms with E-state index in [1.54, 1.807) is 36.9 Å². The quantitative estimate of drug-likeness (QED) is 0.445. The third-order valence-electron chi connectivity index (χ3n) is 3.58. The molecular formula is C18H12F2N4S2. The number of imidazole rings is 2. The first-order chi connectivity index (χ1) is 12.7. The van der Waals surface area contributed by atoms with Crippen molar-refractivity contribution in [3.63, 3.8) is 0 Å². The maximum Gasteiger partial charge on any atom is 0.125 e. The zero-order chi connectivity index (χ0) is 17.9. The number of aromatic nitrogens is 4. The van der Waals surface area contributed by atoms with Crippen molar-refractivity contribution in [1.82, 2.24) is 19.1 Å². The fourth-order valence-electron chi connectivity index (χ4n) is 2.29. The lowest BCUT2D eigenvalue weighted by molar-refractivity contribution is 0.627. The Bertz CT molecular complexity index is 927. The average Bonchev–Trinajstić information content (AvgIpc) is 3.31. The largest absolute Gasteiger partial charge is 0.305 e. The Morgan fingerprint density at radius 1 is 0.615 bits per heavy atom. The van der Waals surface area contributed by atoms with Gasteiger partial charge in [-0.1, -0.05) is 0 Å². The number of nitrogens with zero attached hydrogens (tertiary/aromatic N) is 4. The van der Waals surface area contributed by atoms with Crippen LogP contribution in [-0.2, 0) is 0 Å². The summed E-state index contributed by atoms with van der Waals surface area (Å²) in [5.74, 6) is -0.536. The van der Waals surface area contributed by atoms with Crippen LogP contribution in [0.1, 0.15) is 0 Å². The summed E-state index contributed by atoms with van der Waals surface area (Å²) in [4.78, 5) is 8.68. The average molecular weight is 386 g/mol. The highest BCUT2D eigenvalue weighted by Gasteiger charge is 2.06. The van der Waals surface area contributed by atoms with E-state index in [1.807, 2.05) is 21.5 Å². The van der Waals surface area contributed by atoms with Gasteiger partial charge in [0.15, 0.2) is 0 Å². The minimum atomic E-state index is -0.268. The Kier molecular flexibility index (Phi) is 4.77. The standard InChI is InChI=1S/C18H12F2N4S2/c19-13-1-5-15(6-2-13)23-9-17(21-11-23)25-26-18-10-24(12-22-18)16-7-3-14(20)4-8-16/h1-12H. The monoisotopic (exact) mass is 386 g/mol. The summed E-state index contributed by atoms with van der Waals surface area (Å²) in [6.45, 7) is 0. The number of hydrogen-bond donors (Lipinski definition) is 0. The molecule has 8 heteroatoms. The fraction of sp³-hybridized carbons (Fsp3) is 0. The Hall–Kier alpha value is -2.58. The zero-order valence-corrected chi connectivity index (χ0v) is 14.9. The van der Waals surface area contributed by atoms with Crippen molar-refractivity contribution in [2.45, 2.75) is 10.1 Å². The first-order valence-electron chi connectivity index (χ1n) is 7.62. The molecule has 0 saturated carbocycles. The van der Waals surface area contributed by atoms with Gasteiger partial charge in [0.05, 0.1) is 0 Å². The van der Waals surface area contributed by atoms with E-state index in [2.05, 4.69) is 9.97 Å². The maximum atomic E-state index is 13.0. The SMILES string of the molecule is Fc1ccc(-n2cnc(SSc3cn(-c4ccc(F)cc4)cn3)c2)cc1. The molecule has 0 spiro atoms. The van der Waals surface area contributed by atoms with E-state index in [0.29, 0.717) is 0 Å². The summed E-state index contributed by atoms with van der Waals surface area (Å²) in [5.41, 5.74) is 1.69. The highest BCUT2D eigenvalue weighted by atomic mass is 33.1. The van der Waals surface area contributed by atoms with Crippen LogP contribution in [0.3, 0.4) is 0 Å². The van der Waals surface area contributed by atoms with Crippen LogP contribution in [-0.4, -0.2) is 19.1 Å². The molecule has 0 aliphatic carbocycles. The number of benzene rings is 2. The minimum absolute atomic E-state index is 0.268. The molecule has 0 radical (unpaired) electrons. The van der Waals surface area contributed by atoms with Crippen molar-refractivity contribution >= 4 is 21.6 Å². The summed E-state index contributed by atoms with van der Waals surface area (Å²) in [6.07, 6.45) is 7.13. The van der Waals surface area contributed by atoms with Gasteiger partial charge in [0, 0.05) is 23.8 Å². The molecule has 26 heavy (non-hydrogen) atoms. The summed E-state index contributed by atoms with van der Waals surface area (Å²) < 4.78 is 29.7. The minimum Gasteiger partial charge on any atom is -0.305 e. The van der Waals surface area contributed by atoms with Crippen LogP contribution in [0.2, 0.25) is 0 Å². The lowest BCUT2D eigenvalue weighted by Crippen LogP contribution is -1.89. The van der Waals surface area contributed by atoms with Crippen LogP contribution < -0.4 is 0 Å². The zero-order valence-electron chi connectivity index (χ0n) is 13.3. The van der Waals surface area contributed by atoms with Crippen molar-refractivity contribution in [1.29, 1.82) is 0 Å². The van der Waals surface area contributed by atoms with Crippen LogP contribution in [0.4, 0.5) is 8.78 Å². The fourth-order valence-corrected chi connectivity index (χ4v) is 3.98. The Labute approximate surface area is 156 Å². The van der Waals surface area contributed by atoms with E-state index in [1.165, 1.54) is 45.9 Å². The van der Waals surface area contributed by atoms with Crippen molar-refractivity contribution in [3.05, 3.63) is 85.2 Å². The Morgan fingerprint density at radius 3 is 1.38 bits per heavy atom. The topological polar surface area (TPSA) is 35.6 Å². The van der Waals surface area contributed by atoms with Gasteiger partial charge >= 0.3 is 0 Å². The van der Waals surface area contributed by atoms with Crippen molar-refractivity contribution in [2.75, 3.05) is 0 Å². The van der Waals surface area contributed by atoms with Crippen LogP contribution in [0, 0.1) is 11.6 Å². The van der Waals surface area contributed by atoms with Gasteiger partial charge in [-0.25, -0.2) is 18.7 Å². The molecule has 4 nitrogen and oxygen atoms in total. The van der Waals surface area contributed by atoms with E-state index in [4.69, 9.17) is 0 Å². The second-order valence-corrected chi connectivity index (χ2v) is 7.53. The number of rotatable bonds is 5. The predicted octanol–water partition coefficient (Wildman–Crippen LogP) is 5.14. The molecule has 0 amide bonds. The molecule has 2 aromatic heterocycles. The summed E-state index contributed by atoms with van der Waals surface area (Å²) >= 11 is 0. The van der Waals surface area contributed by atoms with E-state index in [9.17, 15) is 8.78 Å². The van der Waals surface area contributed by atoms with Gasteiger partial charge in [-0.3, -0.25) is 0 Å². The number of hydrogen-bond acceptors (Lipinski definition) is 4. The van der Waals surface area contributed by atoms with Gasteiger partial charge < -0.3 is 9.13 Å². The number of halogens is 2. The molecule has 0 fully saturated rings. The van der Waals surface area contributed by atoms with E-state index in [-0.39, 0.29) is 11.6 Å². The summed E-state index contributed by atoms with van der Waals surface area (Å²) in [5, 5.41) is 1.63. The third kappa shape index (κ3) is 3.81. The molecule has 2 aromatic carbocycles. The molecular weight excluding hydrogens is 374 g/mol. The van der Waals surface area contributed by atoms with Crippen LogP contribution in [0.15, 0.2) is 83.6 Å². The molecule has 0 atom stereocenters. The Balaban J connectivity index is 1.42. The van der Waals surface area contributed by atoms with Gasteiger partial charge in [-0.05, 0) is 70.1 Å². The molecule has 4 rings (SSSR count). The highest BCUT2D eigenvalue weighted by molar-refractivity contribution is 8.76. The Morgan fingerprint density at radius 2 is 1.00 bits per heavy atom. The molecule has 4 aromatic rings. The molecule has 0 saturated heterocycles. The van der Waals surface area contributed by atoms with Gasteiger partial charge in [0.25, 0.3) is 0 Å².